The van der Waals surface area contributed by atoms with E-state index in [-0.39, 0.29) is 94.1 Å². The normalized spacial score (nSPS) is 9.82. The minimum atomic E-state index is -1.19. The van der Waals surface area contributed by atoms with Crippen molar-refractivity contribution < 1.29 is 59.4 Å². The molecule has 0 saturated heterocycles. The summed E-state index contributed by atoms with van der Waals surface area (Å²) < 4.78 is 0. The molecular formula is C36H24BiN6O12+3. The molecule has 0 fully saturated rings. The number of carbonyl (C=O) groups is 6. The molecule has 6 aromatic rings. The van der Waals surface area contributed by atoms with E-state index < -0.39 is 35.8 Å². The van der Waals surface area contributed by atoms with Gasteiger partial charge in [0, 0.05) is 35.3 Å². The van der Waals surface area contributed by atoms with Gasteiger partial charge in [-0.1, -0.05) is 18.2 Å². The van der Waals surface area contributed by atoms with Crippen LogP contribution < -0.4 is 0 Å². The molecule has 6 N–H and O–H groups in total. The van der Waals surface area contributed by atoms with Gasteiger partial charge in [0.2, 0.25) is 0 Å². The first-order chi connectivity index (χ1) is 25.8. The fourth-order valence-electron chi connectivity index (χ4n) is 4.46. The van der Waals surface area contributed by atoms with Gasteiger partial charge >= 0.3 is 62.0 Å². The monoisotopic (exact) mass is 941 g/mol. The molecule has 272 valence electrons. The first-order valence-corrected chi connectivity index (χ1v) is 15.0. The molecule has 0 unspecified atom stereocenters. The Labute approximate surface area is 327 Å². The molecular weight excluding hydrogens is 917 g/mol. The van der Waals surface area contributed by atoms with Crippen molar-refractivity contribution in [3.8, 4) is 33.8 Å². The second-order valence-corrected chi connectivity index (χ2v) is 10.3. The number of carboxylic acids is 6. The van der Waals surface area contributed by atoms with Crippen molar-refractivity contribution in [1.29, 1.82) is 0 Å². The zero-order chi connectivity index (χ0) is 39.4. The van der Waals surface area contributed by atoms with E-state index in [0.29, 0.717) is 0 Å². The average molecular weight is 942 g/mol. The topological polar surface area (TPSA) is 301 Å². The number of rotatable bonds is 9. The van der Waals surface area contributed by atoms with E-state index in [1.165, 1.54) is 91.4 Å². The van der Waals surface area contributed by atoms with Crippen LogP contribution in [-0.4, -0.2) is 123 Å². The van der Waals surface area contributed by atoms with Gasteiger partial charge < -0.3 is 30.6 Å². The van der Waals surface area contributed by atoms with Crippen molar-refractivity contribution in [1.82, 2.24) is 29.9 Å². The Morgan fingerprint density at radius 3 is 0.818 bits per heavy atom. The number of hydrogen-bond donors (Lipinski definition) is 6. The molecule has 6 rings (SSSR count). The van der Waals surface area contributed by atoms with Crippen molar-refractivity contribution in [2.24, 2.45) is 0 Å². The van der Waals surface area contributed by atoms with Gasteiger partial charge in [0.15, 0.2) is 17.1 Å². The number of carboxylic acid groups (broad SMARTS) is 6. The van der Waals surface area contributed by atoms with Gasteiger partial charge in [0.25, 0.3) is 0 Å². The third-order valence-corrected chi connectivity index (χ3v) is 6.76. The molecule has 0 aromatic carbocycles. The molecule has 18 nitrogen and oxygen atoms in total. The molecule has 6 aromatic heterocycles. The predicted molar refractivity (Wildman–Crippen MR) is 190 cm³/mol. The van der Waals surface area contributed by atoms with Crippen LogP contribution in [0.1, 0.15) is 62.9 Å². The molecule has 0 saturated carbocycles. The maximum atomic E-state index is 11.0. The van der Waals surface area contributed by atoms with Crippen LogP contribution in [0.4, 0.5) is 0 Å². The Hall–Kier alpha value is -7.40. The summed E-state index contributed by atoms with van der Waals surface area (Å²) in [7, 11) is 0. The second kappa shape index (κ2) is 19.4. The van der Waals surface area contributed by atoms with Crippen LogP contribution in [0.2, 0.25) is 0 Å². The third-order valence-electron chi connectivity index (χ3n) is 6.76. The molecule has 0 aliphatic rings. The quantitative estimate of drug-likeness (QED) is 0.110. The minimum Gasteiger partial charge on any atom is -0.477 e. The van der Waals surface area contributed by atoms with Crippen molar-refractivity contribution in [3.05, 3.63) is 144 Å². The van der Waals surface area contributed by atoms with Crippen LogP contribution in [0.15, 0.2) is 110 Å². The minimum absolute atomic E-state index is 0. The van der Waals surface area contributed by atoms with E-state index in [1.807, 2.05) is 0 Å². The number of hydrogen-bond acceptors (Lipinski definition) is 12. The fraction of sp³-hybridized carbons (Fsp3) is 0. The standard InChI is InChI=1S/3C12H8N2O4.Bi/c3*15-11(16)9-5-1-4-8(14-9)7-3-2-6-13-10(7)12(17)18;/h3*1-6H,(H,15,16)(H,17,18);/q;;;+3. The second-order valence-electron chi connectivity index (χ2n) is 10.3. The summed E-state index contributed by atoms with van der Waals surface area (Å²) in [6.07, 6.45) is 4.07. The maximum absolute atomic E-state index is 11.0. The van der Waals surface area contributed by atoms with Crippen molar-refractivity contribution >= 4 is 62.0 Å². The van der Waals surface area contributed by atoms with Crippen molar-refractivity contribution in [3.63, 3.8) is 0 Å². The van der Waals surface area contributed by atoms with E-state index in [4.69, 9.17) is 30.6 Å². The summed E-state index contributed by atoms with van der Waals surface area (Å²) in [5, 5.41) is 53.5. The van der Waals surface area contributed by atoms with Gasteiger partial charge in [-0.2, -0.15) is 0 Å². The predicted octanol–water partition coefficient (Wildman–Crippen LogP) is 4.24. The molecule has 6 heterocycles. The zero-order valence-corrected chi connectivity index (χ0v) is 31.1. The smallest absolute Gasteiger partial charge is 0.477 e. The first kappa shape index (κ1) is 42.0. The van der Waals surface area contributed by atoms with Crippen LogP contribution in [-0.2, 0) is 0 Å². The van der Waals surface area contributed by atoms with Crippen molar-refractivity contribution in [2.75, 3.05) is 0 Å². The Morgan fingerprint density at radius 2 is 0.600 bits per heavy atom. The zero-order valence-electron chi connectivity index (χ0n) is 27.7. The Balaban J connectivity index is 0.000000220. The number of nitrogens with zero attached hydrogens (tertiary/aromatic N) is 6. The molecule has 0 bridgehead atoms. The molecule has 0 amide bonds. The summed E-state index contributed by atoms with van der Waals surface area (Å²) in [5.74, 6) is -7.07. The summed E-state index contributed by atoms with van der Waals surface area (Å²) in [6.45, 7) is 0. The summed E-state index contributed by atoms with van der Waals surface area (Å²) >= 11 is 0. The molecule has 0 spiro atoms. The van der Waals surface area contributed by atoms with Crippen LogP contribution >= 0.6 is 0 Å². The maximum Gasteiger partial charge on any atom is 3.00 e. The Bertz CT molecular complexity index is 2150. The molecule has 55 heavy (non-hydrogen) atoms. The van der Waals surface area contributed by atoms with Gasteiger partial charge in [0.1, 0.15) is 17.1 Å². The van der Waals surface area contributed by atoms with E-state index in [1.54, 1.807) is 18.2 Å². The summed E-state index contributed by atoms with van der Waals surface area (Å²) in [6, 6.07) is 22.4. The van der Waals surface area contributed by atoms with E-state index >= 15 is 0 Å². The third kappa shape index (κ3) is 11.0. The first-order valence-electron chi connectivity index (χ1n) is 15.0. The van der Waals surface area contributed by atoms with Gasteiger partial charge in [-0.15, -0.1) is 0 Å². The SMILES string of the molecule is O=C(O)c1cccc(-c2cccnc2C(=O)O)n1.O=C(O)c1cccc(-c2cccnc2C(=O)O)n1.O=C(O)c1cccc(-c2cccnc2C(=O)O)n1.[Bi+3]. The average Bonchev–Trinajstić information content (AvgIpc) is 3.18. The van der Waals surface area contributed by atoms with Crippen LogP contribution in [0.25, 0.3) is 33.8 Å². The van der Waals surface area contributed by atoms with Gasteiger partial charge in [-0.05, 0) is 72.8 Å². The summed E-state index contributed by atoms with van der Waals surface area (Å²) in [5.41, 5.74) is 0.733. The van der Waals surface area contributed by atoms with Gasteiger partial charge in [0.05, 0.1) is 17.1 Å². The number of pyridine rings is 6. The molecule has 0 aliphatic carbocycles. The van der Waals surface area contributed by atoms with Crippen LogP contribution in [0, 0.1) is 0 Å². The Kier molecular flexibility index (Phi) is 14.9. The molecule has 0 aliphatic heterocycles. The van der Waals surface area contributed by atoms with Crippen LogP contribution in [0.3, 0.4) is 0 Å². The largest absolute Gasteiger partial charge is 3.00 e. The Morgan fingerprint density at radius 1 is 0.345 bits per heavy atom. The van der Waals surface area contributed by atoms with E-state index in [0.717, 1.165) is 0 Å². The van der Waals surface area contributed by atoms with E-state index in [9.17, 15) is 28.8 Å². The molecule has 19 heteroatoms. The van der Waals surface area contributed by atoms with Gasteiger partial charge in [-0.25, -0.2) is 58.7 Å². The van der Waals surface area contributed by atoms with E-state index in [2.05, 4.69) is 29.9 Å². The number of aromatic nitrogens is 6. The van der Waals surface area contributed by atoms with Gasteiger partial charge in [-0.3, -0.25) is 0 Å². The summed E-state index contributed by atoms with van der Waals surface area (Å²) in [4.78, 5) is 88.3. The molecule has 2 radical (unpaired) electrons. The molecule has 0 atom stereocenters. The fourth-order valence-corrected chi connectivity index (χ4v) is 4.46. The number of aromatic carboxylic acids is 6. The van der Waals surface area contributed by atoms with Crippen molar-refractivity contribution in [2.45, 2.75) is 0 Å². The van der Waals surface area contributed by atoms with Crippen LogP contribution in [0.5, 0.6) is 0 Å².